The average molecular weight is 291 g/mol. The van der Waals surface area contributed by atoms with E-state index in [1.807, 2.05) is 20.8 Å². The highest BCUT2D eigenvalue weighted by Gasteiger charge is 2.35. The molecule has 7 heteroatoms. The van der Waals surface area contributed by atoms with E-state index in [1.54, 1.807) is 6.92 Å². The van der Waals surface area contributed by atoms with E-state index in [4.69, 9.17) is 4.74 Å². The van der Waals surface area contributed by atoms with Crippen LogP contribution in [-0.2, 0) is 6.18 Å². The number of rotatable bonds is 5. The number of nitrogens with zero attached hydrogens (tertiary/aromatic N) is 2. The predicted octanol–water partition coefficient (Wildman–Crippen LogP) is 3.74. The SMILES string of the molecule is CCNc1cc(OCCC(C)(C)C)nc(C(F)(F)F)n1. The van der Waals surface area contributed by atoms with Crippen molar-refractivity contribution in [1.29, 1.82) is 0 Å². The van der Waals surface area contributed by atoms with E-state index in [1.165, 1.54) is 6.07 Å². The lowest BCUT2D eigenvalue weighted by Gasteiger charge is -2.18. The monoisotopic (exact) mass is 291 g/mol. The summed E-state index contributed by atoms with van der Waals surface area (Å²) in [6, 6.07) is 1.38. The molecule has 1 aromatic heterocycles. The summed E-state index contributed by atoms with van der Waals surface area (Å²) in [6.45, 7) is 8.64. The molecule has 0 aliphatic rings. The Bertz CT molecular complexity index is 441. The summed E-state index contributed by atoms with van der Waals surface area (Å²) >= 11 is 0. The number of hydrogen-bond donors (Lipinski definition) is 1. The molecule has 1 N–H and O–H groups in total. The third-order valence-electron chi connectivity index (χ3n) is 2.42. The third kappa shape index (κ3) is 5.63. The fourth-order valence-corrected chi connectivity index (χ4v) is 1.36. The zero-order valence-electron chi connectivity index (χ0n) is 12.1. The van der Waals surface area contributed by atoms with Gasteiger partial charge in [0.2, 0.25) is 11.7 Å². The van der Waals surface area contributed by atoms with Gasteiger partial charge in [0.05, 0.1) is 6.61 Å². The van der Waals surface area contributed by atoms with Crippen LogP contribution in [0.2, 0.25) is 0 Å². The maximum Gasteiger partial charge on any atom is 0.451 e. The van der Waals surface area contributed by atoms with Gasteiger partial charge in [0.15, 0.2) is 0 Å². The number of aromatic nitrogens is 2. The van der Waals surface area contributed by atoms with Crippen molar-refractivity contribution in [2.75, 3.05) is 18.5 Å². The highest BCUT2D eigenvalue weighted by Crippen LogP contribution is 2.29. The first-order valence-electron chi connectivity index (χ1n) is 6.45. The fourth-order valence-electron chi connectivity index (χ4n) is 1.36. The first kappa shape index (κ1) is 16.5. The quantitative estimate of drug-likeness (QED) is 0.897. The van der Waals surface area contributed by atoms with E-state index in [2.05, 4.69) is 15.3 Å². The molecule has 0 saturated heterocycles. The molecule has 0 atom stereocenters. The molecule has 0 unspecified atom stereocenters. The Balaban J connectivity index is 2.86. The van der Waals surface area contributed by atoms with Gasteiger partial charge in [-0.15, -0.1) is 0 Å². The van der Waals surface area contributed by atoms with Gasteiger partial charge in [0.1, 0.15) is 5.82 Å². The smallest absolute Gasteiger partial charge is 0.451 e. The van der Waals surface area contributed by atoms with E-state index < -0.39 is 12.0 Å². The molecular weight excluding hydrogens is 271 g/mol. The summed E-state index contributed by atoms with van der Waals surface area (Å²) < 4.78 is 43.4. The van der Waals surface area contributed by atoms with E-state index in [0.717, 1.165) is 6.42 Å². The topological polar surface area (TPSA) is 47.0 Å². The van der Waals surface area contributed by atoms with Crippen LogP contribution in [0.1, 0.15) is 39.9 Å². The number of halogens is 3. The average Bonchev–Trinajstić information content (AvgIpc) is 2.26. The number of ether oxygens (including phenoxy) is 1. The molecule has 4 nitrogen and oxygen atoms in total. The minimum Gasteiger partial charge on any atom is -0.478 e. The van der Waals surface area contributed by atoms with Crippen molar-refractivity contribution in [3.05, 3.63) is 11.9 Å². The second kappa shape index (κ2) is 6.28. The summed E-state index contributed by atoms with van der Waals surface area (Å²) in [7, 11) is 0. The minimum atomic E-state index is -4.59. The lowest BCUT2D eigenvalue weighted by molar-refractivity contribution is -0.145. The van der Waals surface area contributed by atoms with Crippen LogP contribution in [0.4, 0.5) is 19.0 Å². The number of hydrogen-bond acceptors (Lipinski definition) is 4. The van der Waals surface area contributed by atoms with Crippen LogP contribution in [-0.4, -0.2) is 23.1 Å². The number of anilines is 1. The maximum absolute atomic E-state index is 12.7. The molecule has 1 rings (SSSR count). The van der Waals surface area contributed by atoms with Crippen LogP contribution in [0.15, 0.2) is 6.07 Å². The Morgan fingerprint density at radius 1 is 1.20 bits per heavy atom. The molecular formula is C13H20F3N3O. The summed E-state index contributed by atoms with van der Waals surface area (Å²) in [5.41, 5.74) is 0.0460. The highest BCUT2D eigenvalue weighted by atomic mass is 19.4. The van der Waals surface area contributed by atoms with Crippen molar-refractivity contribution >= 4 is 5.82 Å². The van der Waals surface area contributed by atoms with Crippen LogP contribution in [0.25, 0.3) is 0 Å². The molecule has 0 bridgehead atoms. The standard InChI is InChI=1S/C13H20F3N3O/c1-5-17-9-8-10(20-7-6-12(2,3)4)19-11(18-9)13(14,15)16/h8H,5-7H2,1-4H3,(H,17,18,19). The first-order chi connectivity index (χ1) is 9.12. The zero-order valence-corrected chi connectivity index (χ0v) is 12.1. The minimum absolute atomic E-state index is 0.0460. The van der Waals surface area contributed by atoms with Gasteiger partial charge in [0, 0.05) is 12.6 Å². The second-order valence-corrected chi connectivity index (χ2v) is 5.60. The van der Waals surface area contributed by atoms with Gasteiger partial charge in [-0.1, -0.05) is 20.8 Å². The second-order valence-electron chi connectivity index (χ2n) is 5.60. The van der Waals surface area contributed by atoms with Crippen LogP contribution >= 0.6 is 0 Å². The molecule has 20 heavy (non-hydrogen) atoms. The van der Waals surface area contributed by atoms with Gasteiger partial charge in [-0.05, 0) is 18.8 Å². The van der Waals surface area contributed by atoms with Crippen LogP contribution < -0.4 is 10.1 Å². The maximum atomic E-state index is 12.7. The molecule has 0 aliphatic carbocycles. The largest absolute Gasteiger partial charge is 0.478 e. The number of nitrogens with one attached hydrogen (secondary N) is 1. The Labute approximate surface area is 116 Å². The highest BCUT2D eigenvalue weighted by molar-refractivity contribution is 5.38. The van der Waals surface area contributed by atoms with Gasteiger partial charge >= 0.3 is 6.18 Å². The third-order valence-corrected chi connectivity index (χ3v) is 2.42. The van der Waals surface area contributed by atoms with E-state index in [9.17, 15) is 13.2 Å². The van der Waals surface area contributed by atoms with Gasteiger partial charge < -0.3 is 10.1 Å². The molecule has 0 fully saturated rings. The van der Waals surface area contributed by atoms with Gasteiger partial charge in [-0.3, -0.25) is 0 Å². The molecule has 1 aromatic rings. The molecule has 0 saturated carbocycles. The van der Waals surface area contributed by atoms with Crippen molar-refractivity contribution in [3.63, 3.8) is 0 Å². The molecule has 0 radical (unpaired) electrons. The lowest BCUT2D eigenvalue weighted by atomic mass is 9.93. The van der Waals surface area contributed by atoms with Gasteiger partial charge in [0.25, 0.3) is 0 Å². The van der Waals surface area contributed by atoms with Crippen LogP contribution in [0, 0.1) is 5.41 Å². The zero-order chi connectivity index (χ0) is 15.4. The van der Waals surface area contributed by atoms with Crippen molar-refractivity contribution in [3.8, 4) is 5.88 Å². The Kier molecular flexibility index (Phi) is 5.19. The fraction of sp³-hybridized carbons (Fsp3) is 0.692. The number of alkyl halides is 3. The van der Waals surface area contributed by atoms with Gasteiger partial charge in [-0.2, -0.15) is 18.2 Å². The van der Waals surface area contributed by atoms with E-state index in [-0.39, 0.29) is 17.1 Å². The Morgan fingerprint density at radius 3 is 2.35 bits per heavy atom. The molecule has 0 aliphatic heterocycles. The van der Waals surface area contributed by atoms with Crippen molar-refractivity contribution in [2.45, 2.75) is 40.3 Å². The Hall–Kier alpha value is -1.53. The molecule has 0 aromatic carbocycles. The first-order valence-corrected chi connectivity index (χ1v) is 6.45. The molecule has 0 amide bonds. The molecule has 114 valence electrons. The van der Waals surface area contributed by atoms with Crippen molar-refractivity contribution in [1.82, 2.24) is 9.97 Å². The van der Waals surface area contributed by atoms with E-state index >= 15 is 0 Å². The molecule has 1 heterocycles. The predicted molar refractivity (Wildman–Crippen MR) is 70.8 cm³/mol. The van der Waals surface area contributed by atoms with Gasteiger partial charge in [-0.25, -0.2) is 4.98 Å². The summed E-state index contributed by atoms with van der Waals surface area (Å²) in [6.07, 6.45) is -3.87. The normalized spacial score (nSPS) is 12.3. The summed E-state index contributed by atoms with van der Waals surface area (Å²) in [5.74, 6) is -1.14. The van der Waals surface area contributed by atoms with Crippen LogP contribution in [0.5, 0.6) is 5.88 Å². The Morgan fingerprint density at radius 2 is 1.85 bits per heavy atom. The lowest BCUT2D eigenvalue weighted by Crippen LogP contribution is -2.16. The van der Waals surface area contributed by atoms with Crippen LogP contribution in [0.3, 0.4) is 0 Å². The van der Waals surface area contributed by atoms with Crippen molar-refractivity contribution < 1.29 is 17.9 Å². The molecule has 0 spiro atoms. The van der Waals surface area contributed by atoms with E-state index in [0.29, 0.717) is 13.2 Å². The summed E-state index contributed by atoms with van der Waals surface area (Å²) in [5, 5.41) is 2.74. The summed E-state index contributed by atoms with van der Waals surface area (Å²) in [4.78, 5) is 6.83. The van der Waals surface area contributed by atoms with Crippen molar-refractivity contribution in [2.24, 2.45) is 5.41 Å².